The van der Waals surface area contributed by atoms with Crippen LogP contribution in [0.1, 0.15) is 52.7 Å². The van der Waals surface area contributed by atoms with Gasteiger partial charge in [0.05, 0.1) is 38.5 Å². The van der Waals surface area contributed by atoms with Crippen molar-refractivity contribution in [1.29, 1.82) is 0 Å². The van der Waals surface area contributed by atoms with E-state index in [0.717, 1.165) is 21.5 Å². The molecule has 0 aliphatic carbocycles. The number of benzene rings is 4. The highest BCUT2D eigenvalue weighted by Crippen LogP contribution is 2.39. The third-order valence-electron chi connectivity index (χ3n) is 9.05. The molecular weight excluding hydrogens is 631 g/mol. The second-order valence-corrected chi connectivity index (χ2v) is 19.0. The highest BCUT2D eigenvalue weighted by Gasteiger charge is 2.56. The number of ether oxygens (including phenoxy) is 3. The van der Waals surface area contributed by atoms with Crippen LogP contribution in [0.3, 0.4) is 0 Å². The Morgan fingerprint density at radius 1 is 0.653 bits per heavy atom. The molecule has 1 aliphatic rings. The maximum Gasteiger partial charge on any atom is 0.411 e. The van der Waals surface area contributed by atoms with Gasteiger partial charge in [-0.3, -0.25) is 4.90 Å². The van der Waals surface area contributed by atoms with Crippen LogP contribution in [-0.2, 0) is 31.9 Å². The second kappa shape index (κ2) is 15.8. The normalized spacial score (nSPS) is 19.9. The molecular formula is C41H51NO6Si. The molecule has 0 radical (unpaired) electrons. The van der Waals surface area contributed by atoms with Gasteiger partial charge in [0.1, 0.15) is 17.8 Å². The fourth-order valence-corrected chi connectivity index (χ4v) is 11.4. The smallest absolute Gasteiger partial charge is 0.411 e. The Kier molecular flexibility index (Phi) is 11.8. The van der Waals surface area contributed by atoms with Crippen LogP contribution in [-0.4, -0.2) is 67.5 Å². The molecule has 1 aliphatic heterocycles. The Morgan fingerprint density at radius 3 is 1.45 bits per heavy atom. The van der Waals surface area contributed by atoms with Crippen molar-refractivity contribution in [3.63, 3.8) is 0 Å². The SMILES string of the molecule is CC(C)(C)OC(=O)N1[C@H](CO[Si](c2ccccc2)(c2ccccc2)C(C)(C)C)[C@H](OCc2ccccc2)[C@H](OCc2ccccc2)[C@H]1CO. The molecule has 0 unspecified atom stereocenters. The van der Waals surface area contributed by atoms with E-state index in [2.05, 4.69) is 69.3 Å². The van der Waals surface area contributed by atoms with Gasteiger partial charge in [0, 0.05) is 0 Å². The Morgan fingerprint density at radius 2 is 1.06 bits per heavy atom. The van der Waals surface area contributed by atoms with E-state index in [-0.39, 0.29) is 24.9 Å². The average Bonchev–Trinajstić information content (AvgIpc) is 3.39. The number of aliphatic hydroxyl groups is 1. The first-order valence-corrected chi connectivity index (χ1v) is 19.0. The Bertz CT molecular complexity index is 1550. The predicted molar refractivity (Wildman–Crippen MR) is 196 cm³/mol. The Balaban J connectivity index is 1.60. The summed E-state index contributed by atoms with van der Waals surface area (Å²) in [6.07, 6.45) is -1.83. The minimum absolute atomic E-state index is 0.147. The van der Waals surface area contributed by atoms with E-state index < -0.39 is 44.3 Å². The quantitative estimate of drug-likeness (QED) is 0.168. The van der Waals surface area contributed by atoms with Gasteiger partial charge in [-0.2, -0.15) is 0 Å². The van der Waals surface area contributed by atoms with Crippen molar-refractivity contribution in [3.8, 4) is 0 Å². The van der Waals surface area contributed by atoms with Crippen LogP contribution < -0.4 is 10.4 Å². The molecule has 49 heavy (non-hydrogen) atoms. The minimum atomic E-state index is -3.01. The minimum Gasteiger partial charge on any atom is -0.444 e. The molecule has 4 aromatic rings. The summed E-state index contributed by atoms with van der Waals surface area (Å²) in [6.45, 7) is 12.6. The number of carbonyl (C=O) groups is 1. The molecule has 1 amide bonds. The number of hydrogen-bond donors (Lipinski definition) is 1. The highest BCUT2D eigenvalue weighted by molar-refractivity contribution is 6.99. The Hall–Kier alpha value is -3.79. The number of rotatable bonds is 12. The van der Waals surface area contributed by atoms with E-state index in [1.807, 2.05) is 93.6 Å². The molecule has 4 aromatic carbocycles. The first-order valence-electron chi connectivity index (χ1n) is 17.1. The molecule has 1 heterocycles. The van der Waals surface area contributed by atoms with Gasteiger partial charge in [-0.05, 0) is 47.3 Å². The fraction of sp³-hybridized carbons (Fsp3) is 0.390. The van der Waals surface area contributed by atoms with Crippen molar-refractivity contribution in [2.24, 2.45) is 0 Å². The summed E-state index contributed by atoms with van der Waals surface area (Å²) in [5, 5.41) is 12.9. The largest absolute Gasteiger partial charge is 0.444 e. The molecule has 4 atom stereocenters. The van der Waals surface area contributed by atoms with Gasteiger partial charge in [0.2, 0.25) is 0 Å². The van der Waals surface area contributed by atoms with Crippen LogP contribution in [0.2, 0.25) is 5.04 Å². The molecule has 260 valence electrons. The van der Waals surface area contributed by atoms with Gasteiger partial charge in [-0.1, -0.05) is 142 Å². The van der Waals surface area contributed by atoms with Gasteiger partial charge >= 0.3 is 6.09 Å². The standard InChI is InChI=1S/C41H51NO6Si/c1-40(2,3)48-39(44)42-35(27-43)37(45-28-31-19-11-7-12-20-31)38(46-29-32-21-13-8-14-22-32)36(42)30-47-49(41(4,5)6,33-23-15-9-16-24-33)34-25-17-10-18-26-34/h7-26,35-38,43H,27-30H2,1-6H3/t35-,36-,37-,38+/m1/s1. The summed E-state index contributed by atoms with van der Waals surface area (Å²) in [7, 11) is -3.01. The summed E-state index contributed by atoms with van der Waals surface area (Å²) >= 11 is 0. The van der Waals surface area contributed by atoms with Crippen LogP contribution in [0.5, 0.6) is 0 Å². The second-order valence-electron chi connectivity index (χ2n) is 14.7. The van der Waals surface area contributed by atoms with E-state index in [1.54, 1.807) is 4.90 Å². The molecule has 1 N–H and O–H groups in total. The lowest BCUT2D eigenvalue weighted by atomic mass is 10.1. The summed E-state index contributed by atoms with van der Waals surface area (Å²) in [6, 6.07) is 39.3. The lowest BCUT2D eigenvalue weighted by Crippen LogP contribution is -2.67. The topological polar surface area (TPSA) is 77.5 Å². The van der Waals surface area contributed by atoms with E-state index in [4.69, 9.17) is 18.6 Å². The van der Waals surface area contributed by atoms with Crippen LogP contribution in [0.25, 0.3) is 0 Å². The molecule has 0 spiro atoms. The van der Waals surface area contributed by atoms with Gasteiger partial charge in [0.15, 0.2) is 0 Å². The number of hydrogen-bond acceptors (Lipinski definition) is 6. The first kappa shape index (κ1) is 36.5. The molecule has 7 nitrogen and oxygen atoms in total. The summed E-state index contributed by atoms with van der Waals surface area (Å²) in [5.74, 6) is 0. The average molecular weight is 682 g/mol. The summed E-state index contributed by atoms with van der Waals surface area (Å²) in [5.41, 5.74) is 1.22. The lowest BCUT2D eigenvalue weighted by Gasteiger charge is -2.44. The van der Waals surface area contributed by atoms with Crippen molar-refractivity contribution in [3.05, 3.63) is 132 Å². The molecule has 1 saturated heterocycles. The summed E-state index contributed by atoms with van der Waals surface area (Å²) < 4.78 is 26.8. The van der Waals surface area contributed by atoms with E-state index >= 15 is 0 Å². The van der Waals surface area contributed by atoms with Gasteiger partial charge in [-0.25, -0.2) is 4.79 Å². The van der Waals surface area contributed by atoms with Crippen molar-refractivity contribution in [2.75, 3.05) is 13.2 Å². The third-order valence-corrected chi connectivity index (χ3v) is 14.1. The van der Waals surface area contributed by atoms with E-state index in [0.29, 0.717) is 6.61 Å². The van der Waals surface area contributed by atoms with Gasteiger partial charge < -0.3 is 23.7 Å². The molecule has 8 heteroatoms. The Labute approximate surface area is 292 Å². The monoisotopic (exact) mass is 681 g/mol. The van der Waals surface area contributed by atoms with Crippen molar-refractivity contribution in [2.45, 2.75) is 89.7 Å². The molecule has 1 fully saturated rings. The fourth-order valence-electron chi connectivity index (χ4n) is 6.87. The number of aliphatic hydroxyl groups excluding tert-OH is 1. The van der Waals surface area contributed by atoms with Crippen LogP contribution in [0.4, 0.5) is 4.79 Å². The summed E-state index contributed by atoms with van der Waals surface area (Å²) in [4.78, 5) is 15.8. The van der Waals surface area contributed by atoms with Crippen LogP contribution in [0, 0.1) is 0 Å². The maximum absolute atomic E-state index is 14.2. The zero-order chi connectivity index (χ0) is 35.1. The number of carbonyl (C=O) groups excluding carboxylic acids is 1. The van der Waals surface area contributed by atoms with Crippen molar-refractivity contribution < 1.29 is 28.5 Å². The van der Waals surface area contributed by atoms with Gasteiger partial charge in [-0.15, -0.1) is 0 Å². The third kappa shape index (κ3) is 8.51. The highest BCUT2D eigenvalue weighted by atomic mass is 28.4. The van der Waals surface area contributed by atoms with E-state index in [9.17, 15) is 9.90 Å². The number of likely N-dealkylation sites (tertiary alicyclic amines) is 1. The molecule has 0 bridgehead atoms. The number of nitrogens with zero attached hydrogens (tertiary/aromatic N) is 1. The zero-order valence-electron chi connectivity index (χ0n) is 29.6. The molecule has 0 saturated carbocycles. The van der Waals surface area contributed by atoms with Gasteiger partial charge in [0.25, 0.3) is 8.32 Å². The lowest BCUT2D eigenvalue weighted by molar-refractivity contribution is -0.0851. The zero-order valence-corrected chi connectivity index (χ0v) is 30.6. The van der Waals surface area contributed by atoms with Crippen molar-refractivity contribution >= 4 is 24.8 Å². The molecule has 5 rings (SSSR count). The first-order chi connectivity index (χ1) is 23.4. The molecule has 0 aromatic heterocycles. The van der Waals surface area contributed by atoms with E-state index in [1.165, 1.54) is 0 Å². The maximum atomic E-state index is 14.2. The van der Waals surface area contributed by atoms with Crippen LogP contribution >= 0.6 is 0 Å². The van der Waals surface area contributed by atoms with Crippen molar-refractivity contribution in [1.82, 2.24) is 4.90 Å². The predicted octanol–water partition coefficient (Wildman–Crippen LogP) is 6.71. The number of amides is 1. The van der Waals surface area contributed by atoms with Crippen LogP contribution in [0.15, 0.2) is 121 Å².